The van der Waals surface area contributed by atoms with Crippen molar-refractivity contribution in [2.75, 3.05) is 0 Å². The van der Waals surface area contributed by atoms with Gasteiger partial charge in [-0.05, 0) is 43.7 Å². The molecule has 3 rings (SSSR count). The summed E-state index contributed by atoms with van der Waals surface area (Å²) < 4.78 is 15.3. The molecule has 1 aromatic heterocycles. The van der Waals surface area contributed by atoms with Crippen molar-refractivity contribution in [3.05, 3.63) is 58.6 Å². The van der Waals surface area contributed by atoms with Gasteiger partial charge in [-0.3, -0.25) is 4.57 Å². The van der Waals surface area contributed by atoms with Gasteiger partial charge in [0.25, 0.3) is 0 Å². The lowest BCUT2D eigenvalue weighted by atomic mass is 10.2. The lowest BCUT2D eigenvalue weighted by molar-refractivity contribution is 0.629. The molecular formula is C16H13Cl2FN2. The fourth-order valence-electron chi connectivity index (χ4n) is 2.39. The lowest BCUT2D eigenvalue weighted by Crippen LogP contribution is -2.02. The van der Waals surface area contributed by atoms with Crippen LogP contribution in [0, 0.1) is 12.7 Å². The van der Waals surface area contributed by atoms with Gasteiger partial charge < -0.3 is 0 Å². The molecule has 0 fully saturated rings. The molecule has 3 aromatic rings. The molecule has 108 valence electrons. The third kappa shape index (κ3) is 2.52. The molecule has 0 aliphatic heterocycles. The van der Waals surface area contributed by atoms with Gasteiger partial charge in [-0.25, -0.2) is 9.37 Å². The summed E-state index contributed by atoms with van der Waals surface area (Å²) in [6, 6.07) is 10.3. The summed E-state index contributed by atoms with van der Waals surface area (Å²) in [4.78, 5) is 4.45. The number of hydrogen-bond donors (Lipinski definition) is 0. The highest BCUT2D eigenvalue weighted by Crippen LogP contribution is 2.32. The van der Waals surface area contributed by atoms with E-state index in [2.05, 4.69) is 4.98 Å². The Labute approximate surface area is 132 Å². The Bertz CT molecular complexity index is 825. The van der Waals surface area contributed by atoms with Crippen molar-refractivity contribution in [3.63, 3.8) is 0 Å². The number of rotatable bonds is 2. The molecule has 2 aromatic carbocycles. The first-order chi connectivity index (χ1) is 9.97. The van der Waals surface area contributed by atoms with E-state index in [0.29, 0.717) is 16.4 Å². The summed E-state index contributed by atoms with van der Waals surface area (Å²) in [7, 11) is 0. The van der Waals surface area contributed by atoms with E-state index in [1.165, 1.54) is 12.1 Å². The predicted octanol–water partition coefficient (Wildman–Crippen LogP) is 5.43. The Hall–Kier alpha value is -1.58. The summed E-state index contributed by atoms with van der Waals surface area (Å²) in [5, 5.41) is 0.287. The van der Waals surface area contributed by atoms with Crippen molar-refractivity contribution in [2.24, 2.45) is 0 Å². The molecule has 21 heavy (non-hydrogen) atoms. The Morgan fingerprint density at radius 2 is 1.95 bits per heavy atom. The Balaban J connectivity index is 2.36. The van der Waals surface area contributed by atoms with Crippen molar-refractivity contribution in [1.29, 1.82) is 0 Å². The van der Waals surface area contributed by atoms with Gasteiger partial charge in [0.15, 0.2) is 0 Å². The number of hydrogen-bond acceptors (Lipinski definition) is 1. The van der Waals surface area contributed by atoms with Gasteiger partial charge in [0.2, 0.25) is 0 Å². The fourth-order valence-corrected chi connectivity index (χ4v) is 2.85. The van der Waals surface area contributed by atoms with Crippen LogP contribution in [-0.4, -0.2) is 9.55 Å². The molecule has 1 atom stereocenters. The molecule has 0 N–H and O–H groups in total. The summed E-state index contributed by atoms with van der Waals surface area (Å²) in [6.07, 6.45) is 0. The largest absolute Gasteiger partial charge is 0.294 e. The first-order valence-electron chi connectivity index (χ1n) is 6.56. The average Bonchev–Trinajstić information content (AvgIpc) is 2.77. The van der Waals surface area contributed by atoms with Gasteiger partial charge >= 0.3 is 0 Å². The molecule has 0 saturated heterocycles. The number of nitrogens with zero attached hydrogens (tertiary/aromatic N) is 2. The Kier molecular flexibility index (Phi) is 3.64. The van der Waals surface area contributed by atoms with Crippen molar-refractivity contribution in [1.82, 2.24) is 9.55 Å². The quantitative estimate of drug-likeness (QED) is 0.575. The van der Waals surface area contributed by atoms with E-state index >= 15 is 0 Å². The highest BCUT2D eigenvalue weighted by molar-refractivity contribution is 6.32. The maximum absolute atomic E-state index is 13.4. The molecule has 1 heterocycles. The highest BCUT2D eigenvalue weighted by Gasteiger charge is 2.18. The minimum atomic E-state index is -0.323. The minimum Gasteiger partial charge on any atom is -0.294 e. The lowest BCUT2D eigenvalue weighted by Gasteiger charge is -2.12. The smallest absolute Gasteiger partial charge is 0.132 e. The van der Waals surface area contributed by atoms with Crippen LogP contribution in [0.15, 0.2) is 36.4 Å². The van der Waals surface area contributed by atoms with Crippen LogP contribution >= 0.6 is 23.2 Å². The van der Waals surface area contributed by atoms with Crippen LogP contribution in [0.3, 0.4) is 0 Å². The van der Waals surface area contributed by atoms with Crippen molar-refractivity contribution >= 4 is 34.2 Å². The molecule has 5 heteroatoms. The number of aromatic nitrogens is 2. The number of alkyl halides is 1. The fraction of sp³-hybridized carbons (Fsp3) is 0.188. The SMILES string of the molecule is Cc1ccc(-n2c(C(C)Cl)nc3cc(F)ccc32)c(Cl)c1. The summed E-state index contributed by atoms with van der Waals surface area (Å²) >= 11 is 12.6. The number of benzene rings is 2. The van der Waals surface area contributed by atoms with Gasteiger partial charge in [0.1, 0.15) is 11.6 Å². The van der Waals surface area contributed by atoms with Crippen molar-refractivity contribution in [2.45, 2.75) is 19.2 Å². The second-order valence-electron chi connectivity index (χ2n) is 5.01. The van der Waals surface area contributed by atoms with Crippen LogP contribution in [0.25, 0.3) is 16.7 Å². The zero-order chi connectivity index (χ0) is 15.1. The highest BCUT2D eigenvalue weighted by atomic mass is 35.5. The average molecular weight is 323 g/mol. The molecule has 0 aliphatic rings. The molecule has 0 amide bonds. The third-order valence-electron chi connectivity index (χ3n) is 3.34. The van der Waals surface area contributed by atoms with Gasteiger partial charge in [-0.1, -0.05) is 17.7 Å². The zero-order valence-electron chi connectivity index (χ0n) is 11.6. The molecule has 0 bridgehead atoms. The van der Waals surface area contributed by atoms with Crippen LogP contribution in [0.1, 0.15) is 23.7 Å². The van der Waals surface area contributed by atoms with E-state index in [1.807, 2.05) is 36.6 Å². The van der Waals surface area contributed by atoms with Crippen LogP contribution < -0.4 is 0 Å². The van der Waals surface area contributed by atoms with E-state index in [9.17, 15) is 4.39 Å². The maximum Gasteiger partial charge on any atom is 0.132 e. The number of halogens is 3. The van der Waals surface area contributed by atoms with Crippen LogP contribution in [-0.2, 0) is 0 Å². The topological polar surface area (TPSA) is 17.8 Å². The predicted molar refractivity (Wildman–Crippen MR) is 85.0 cm³/mol. The summed E-state index contributed by atoms with van der Waals surface area (Å²) in [5.41, 5.74) is 3.21. The van der Waals surface area contributed by atoms with Crippen LogP contribution in [0.5, 0.6) is 0 Å². The van der Waals surface area contributed by atoms with E-state index in [1.54, 1.807) is 6.07 Å². The standard InChI is InChI=1S/C16H13Cl2FN2/c1-9-3-5-14(12(18)7-9)21-15-6-4-11(19)8-13(15)20-16(21)10(2)17/h3-8,10H,1-2H3. The molecule has 0 saturated carbocycles. The first kappa shape index (κ1) is 14.4. The normalized spacial score (nSPS) is 12.8. The first-order valence-corrected chi connectivity index (χ1v) is 7.37. The molecule has 2 nitrogen and oxygen atoms in total. The monoisotopic (exact) mass is 322 g/mol. The molecule has 0 aliphatic carbocycles. The molecule has 1 unspecified atom stereocenters. The van der Waals surface area contributed by atoms with Crippen LogP contribution in [0.4, 0.5) is 4.39 Å². The molecule has 0 spiro atoms. The Morgan fingerprint density at radius 1 is 1.19 bits per heavy atom. The molecular weight excluding hydrogens is 310 g/mol. The van der Waals surface area contributed by atoms with E-state index < -0.39 is 0 Å². The minimum absolute atomic E-state index is 0.321. The van der Waals surface area contributed by atoms with Crippen molar-refractivity contribution < 1.29 is 4.39 Å². The van der Waals surface area contributed by atoms with E-state index in [-0.39, 0.29) is 11.2 Å². The van der Waals surface area contributed by atoms with Gasteiger partial charge in [0, 0.05) is 6.07 Å². The number of fused-ring (bicyclic) bond motifs is 1. The number of aryl methyl sites for hydroxylation is 1. The van der Waals surface area contributed by atoms with Gasteiger partial charge in [0.05, 0.1) is 27.1 Å². The van der Waals surface area contributed by atoms with Crippen molar-refractivity contribution in [3.8, 4) is 5.69 Å². The Morgan fingerprint density at radius 3 is 2.62 bits per heavy atom. The molecule has 0 radical (unpaired) electrons. The van der Waals surface area contributed by atoms with Gasteiger partial charge in [-0.15, -0.1) is 11.6 Å². The van der Waals surface area contributed by atoms with E-state index in [4.69, 9.17) is 23.2 Å². The van der Waals surface area contributed by atoms with E-state index in [0.717, 1.165) is 16.8 Å². The van der Waals surface area contributed by atoms with Gasteiger partial charge in [-0.2, -0.15) is 0 Å². The number of imidazole rings is 1. The summed E-state index contributed by atoms with van der Waals surface area (Å²) in [5.74, 6) is 0.318. The zero-order valence-corrected chi connectivity index (χ0v) is 13.1. The third-order valence-corrected chi connectivity index (χ3v) is 3.84. The second kappa shape index (κ2) is 5.32. The summed E-state index contributed by atoms with van der Waals surface area (Å²) in [6.45, 7) is 3.81. The van der Waals surface area contributed by atoms with Crippen LogP contribution in [0.2, 0.25) is 5.02 Å². The maximum atomic E-state index is 13.4. The second-order valence-corrected chi connectivity index (χ2v) is 6.07.